The van der Waals surface area contributed by atoms with Crippen molar-refractivity contribution < 1.29 is 12.6 Å². The first kappa shape index (κ1) is 14.9. The first-order chi connectivity index (χ1) is 9.39. The fourth-order valence-corrected chi connectivity index (χ4v) is 3.53. The zero-order chi connectivity index (χ0) is 14.8. The number of sulfone groups is 1. The lowest BCUT2D eigenvalue weighted by Gasteiger charge is -2.11. The monoisotopic (exact) mass is 309 g/mol. The third-order valence-corrected chi connectivity index (χ3v) is 5.64. The minimum absolute atomic E-state index is 0.251. The lowest BCUT2D eigenvalue weighted by Crippen LogP contribution is -2.05. The number of nitrogens with zero attached hydrogens (tertiary/aromatic N) is 1. The van der Waals surface area contributed by atoms with Crippen LogP contribution in [-0.4, -0.2) is 23.9 Å². The van der Waals surface area contributed by atoms with Crippen molar-refractivity contribution in [1.82, 2.24) is 4.98 Å². The molecular weight excluding hydrogens is 294 g/mol. The molecule has 1 aromatic heterocycles. The average Bonchev–Trinajstić information content (AvgIpc) is 2.46. The maximum absolute atomic E-state index is 12.4. The van der Waals surface area contributed by atoms with Crippen LogP contribution >= 0.6 is 0 Å². The molecule has 0 saturated carbocycles. The third-order valence-electron chi connectivity index (χ3n) is 2.94. The largest absolute Gasteiger partial charge is 0.252 e. The summed E-state index contributed by atoms with van der Waals surface area (Å²) >= 11 is 0. The summed E-state index contributed by atoms with van der Waals surface area (Å²) < 4.78 is 35.2. The highest BCUT2D eigenvalue weighted by molar-refractivity contribution is 7.90. The van der Waals surface area contributed by atoms with E-state index in [-0.39, 0.29) is 10.1 Å². The van der Waals surface area contributed by atoms with Gasteiger partial charge in [-0.15, -0.1) is 0 Å². The quantitative estimate of drug-likeness (QED) is 0.869. The van der Waals surface area contributed by atoms with Crippen LogP contribution in [-0.2, 0) is 20.6 Å². The molecule has 4 nitrogen and oxygen atoms in total. The summed E-state index contributed by atoms with van der Waals surface area (Å²) in [4.78, 5) is 4.35. The topological polar surface area (TPSA) is 64.1 Å². The molecule has 0 saturated heterocycles. The van der Waals surface area contributed by atoms with Crippen molar-refractivity contribution in [1.29, 1.82) is 0 Å². The molecule has 0 aliphatic heterocycles. The summed E-state index contributed by atoms with van der Waals surface area (Å²) in [5.74, 6) is 0. The molecule has 0 radical (unpaired) electrons. The molecular formula is C14H15NO3S2. The van der Waals surface area contributed by atoms with Crippen LogP contribution in [0.3, 0.4) is 0 Å². The van der Waals surface area contributed by atoms with Crippen molar-refractivity contribution in [2.45, 2.75) is 22.1 Å². The van der Waals surface area contributed by atoms with E-state index in [9.17, 15) is 12.6 Å². The molecule has 0 bridgehead atoms. The minimum Gasteiger partial charge on any atom is -0.252 e. The normalized spacial score (nSPS) is 14.7. The molecule has 106 valence electrons. The Bertz CT molecular complexity index is 710. The van der Waals surface area contributed by atoms with E-state index in [1.807, 2.05) is 6.92 Å². The van der Waals surface area contributed by atoms with E-state index in [1.54, 1.807) is 36.5 Å². The van der Waals surface area contributed by atoms with Gasteiger partial charge in [0.2, 0.25) is 0 Å². The highest BCUT2D eigenvalue weighted by Gasteiger charge is 2.17. The smallest absolute Gasteiger partial charge is 0.175 e. The number of hydrogen-bond acceptors (Lipinski definition) is 4. The lowest BCUT2D eigenvalue weighted by molar-refractivity contribution is 0.602. The Hall–Kier alpha value is -1.53. The highest BCUT2D eigenvalue weighted by atomic mass is 32.2. The second-order valence-electron chi connectivity index (χ2n) is 4.45. The molecule has 1 aromatic carbocycles. The molecule has 20 heavy (non-hydrogen) atoms. The van der Waals surface area contributed by atoms with Crippen LogP contribution in [0.2, 0.25) is 0 Å². The van der Waals surface area contributed by atoms with E-state index in [2.05, 4.69) is 4.98 Å². The van der Waals surface area contributed by atoms with Crippen molar-refractivity contribution in [2.75, 3.05) is 6.26 Å². The first-order valence-electron chi connectivity index (χ1n) is 6.01. The lowest BCUT2D eigenvalue weighted by atomic mass is 10.2. The van der Waals surface area contributed by atoms with Crippen LogP contribution in [0, 0.1) is 0 Å². The molecule has 0 aliphatic rings. The van der Waals surface area contributed by atoms with Crippen molar-refractivity contribution in [3.8, 4) is 0 Å². The molecule has 6 heteroatoms. The summed E-state index contributed by atoms with van der Waals surface area (Å²) in [7, 11) is -4.47. The van der Waals surface area contributed by atoms with Crippen LogP contribution in [0.1, 0.15) is 17.7 Å². The van der Waals surface area contributed by atoms with Gasteiger partial charge < -0.3 is 0 Å². The van der Waals surface area contributed by atoms with Crippen molar-refractivity contribution in [3.63, 3.8) is 0 Å². The predicted molar refractivity (Wildman–Crippen MR) is 78.6 cm³/mol. The zero-order valence-corrected chi connectivity index (χ0v) is 12.8. The molecule has 0 spiro atoms. The van der Waals surface area contributed by atoms with Gasteiger partial charge in [-0.05, 0) is 36.8 Å². The highest BCUT2D eigenvalue weighted by Crippen LogP contribution is 2.24. The number of hydrogen-bond donors (Lipinski definition) is 0. The first-order valence-corrected chi connectivity index (χ1v) is 9.11. The van der Waals surface area contributed by atoms with Gasteiger partial charge in [0.05, 0.1) is 20.9 Å². The molecule has 2 aromatic rings. The van der Waals surface area contributed by atoms with E-state index in [4.69, 9.17) is 0 Å². The van der Waals surface area contributed by atoms with Crippen LogP contribution in [0.15, 0.2) is 58.6 Å². The molecule has 2 rings (SSSR count). The van der Waals surface area contributed by atoms with E-state index in [1.165, 1.54) is 12.1 Å². The Kier molecular flexibility index (Phi) is 4.35. The number of aromatic nitrogens is 1. The predicted octanol–water partition coefficient (Wildman–Crippen LogP) is 2.35. The molecule has 0 N–H and O–H groups in total. The van der Waals surface area contributed by atoms with Crippen LogP contribution in [0.25, 0.3) is 0 Å². The Morgan fingerprint density at radius 2 is 1.75 bits per heavy atom. The van der Waals surface area contributed by atoms with E-state index >= 15 is 0 Å². The van der Waals surface area contributed by atoms with Gasteiger partial charge in [-0.1, -0.05) is 18.2 Å². The SMILES string of the molecule is CC(c1ccc(S(C)(=O)=O)cc1)S(=O)c1ccccn1. The van der Waals surface area contributed by atoms with Gasteiger partial charge in [0.25, 0.3) is 0 Å². The summed E-state index contributed by atoms with van der Waals surface area (Å²) in [6.45, 7) is 1.83. The molecule has 0 amide bonds. The number of benzene rings is 1. The second-order valence-corrected chi connectivity index (χ2v) is 8.18. The molecule has 0 aliphatic carbocycles. The van der Waals surface area contributed by atoms with Gasteiger partial charge >= 0.3 is 0 Å². The zero-order valence-electron chi connectivity index (χ0n) is 11.2. The standard InChI is InChI=1S/C14H15NO3S2/c1-11(19(16)14-5-3-4-10-15-14)12-6-8-13(9-7-12)20(2,17)18/h3-11H,1-2H3. The summed E-state index contributed by atoms with van der Waals surface area (Å²) in [6.07, 6.45) is 2.77. The minimum atomic E-state index is -3.21. The molecule has 2 unspecified atom stereocenters. The fourth-order valence-electron chi connectivity index (χ4n) is 1.76. The molecule has 1 heterocycles. The van der Waals surface area contributed by atoms with Gasteiger partial charge in [0.15, 0.2) is 9.84 Å². The van der Waals surface area contributed by atoms with Gasteiger partial charge in [-0.2, -0.15) is 0 Å². The Morgan fingerprint density at radius 1 is 1.10 bits per heavy atom. The van der Waals surface area contributed by atoms with Crippen molar-refractivity contribution in [2.24, 2.45) is 0 Å². The maximum Gasteiger partial charge on any atom is 0.175 e. The molecule has 0 fully saturated rings. The van der Waals surface area contributed by atoms with Crippen LogP contribution in [0.5, 0.6) is 0 Å². The number of rotatable bonds is 4. The van der Waals surface area contributed by atoms with Gasteiger partial charge in [0.1, 0.15) is 5.03 Å². The van der Waals surface area contributed by atoms with Crippen LogP contribution < -0.4 is 0 Å². The summed E-state index contributed by atoms with van der Waals surface area (Å²) in [6, 6.07) is 11.8. The Morgan fingerprint density at radius 3 is 2.25 bits per heavy atom. The van der Waals surface area contributed by atoms with E-state index in [0.29, 0.717) is 5.03 Å². The Labute approximate surface area is 121 Å². The van der Waals surface area contributed by atoms with E-state index < -0.39 is 20.6 Å². The summed E-state index contributed by atoms with van der Waals surface area (Å²) in [5.41, 5.74) is 0.821. The van der Waals surface area contributed by atoms with Gasteiger partial charge in [0, 0.05) is 12.5 Å². The van der Waals surface area contributed by atoms with E-state index in [0.717, 1.165) is 11.8 Å². The third kappa shape index (κ3) is 3.32. The van der Waals surface area contributed by atoms with Crippen molar-refractivity contribution >= 4 is 20.6 Å². The van der Waals surface area contributed by atoms with Gasteiger partial charge in [-0.25, -0.2) is 13.4 Å². The molecule has 2 atom stereocenters. The van der Waals surface area contributed by atoms with Crippen LogP contribution in [0.4, 0.5) is 0 Å². The van der Waals surface area contributed by atoms with Crippen molar-refractivity contribution in [3.05, 3.63) is 54.2 Å². The maximum atomic E-state index is 12.4. The van der Waals surface area contributed by atoms with Gasteiger partial charge in [-0.3, -0.25) is 4.21 Å². The Balaban J connectivity index is 2.26. The summed E-state index contributed by atoms with van der Waals surface area (Å²) in [5, 5.41) is 0.269. The average molecular weight is 309 g/mol. The number of pyridine rings is 1. The fraction of sp³-hybridized carbons (Fsp3) is 0.214. The second kappa shape index (κ2) is 5.85.